The lowest BCUT2D eigenvalue weighted by Crippen LogP contribution is -2.05. The molecule has 0 aliphatic carbocycles. The van der Waals surface area contributed by atoms with Crippen molar-refractivity contribution in [2.24, 2.45) is 0 Å². The van der Waals surface area contributed by atoms with Gasteiger partial charge in [-0.25, -0.2) is 9.37 Å². The molecular weight excluding hydrogens is 287 g/mol. The molecule has 0 saturated carbocycles. The minimum Gasteiger partial charge on any atom is -0.329 e. The van der Waals surface area contributed by atoms with Crippen LogP contribution in [0.1, 0.15) is 11.9 Å². The Labute approximate surface area is 123 Å². The number of aromatic amines is 1. The minimum atomic E-state index is -0.350. The number of nitrogens with zero attached hydrogens (tertiary/aromatic N) is 1. The molecule has 3 nitrogen and oxygen atoms in total. The summed E-state index contributed by atoms with van der Waals surface area (Å²) in [4.78, 5) is 19.6. The Bertz CT molecular complexity index is 1060. The lowest BCUT2D eigenvalue weighted by Gasteiger charge is -2.05. The van der Waals surface area contributed by atoms with Crippen LogP contribution in [-0.2, 0) is 6.42 Å². The van der Waals surface area contributed by atoms with Gasteiger partial charge in [-0.3, -0.25) is 4.79 Å². The fourth-order valence-electron chi connectivity index (χ4n) is 2.75. The van der Waals surface area contributed by atoms with Gasteiger partial charge in [0.2, 0.25) is 0 Å². The predicted octanol–water partition coefficient (Wildman–Crippen LogP) is 3.99. The van der Waals surface area contributed by atoms with Crippen LogP contribution in [0.2, 0.25) is 0 Å². The number of fused-ring (bicyclic) bond motifs is 6. The zero-order chi connectivity index (χ0) is 14.6. The molecule has 2 aromatic carbocycles. The fraction of sp³-hybridized carbons (Fsp3) is 0.125. The third kappa shape index (κ3) is 1.70. The summed E-state index contributed by atoms with van der Waals surface area (Å²) in [5.74, 6) is -0.350. The zero-order valence-corrected chi connectivity index (χ0v) is 12.1. The molecule has 2 heterocycles. The summed E-state index contributed by atoms with van der Waals surface area (Å²) < 4.78 is 14.6. The maximum absolute atomic E-state index is 13.6. The highest BCUT2D eigenvalue weighted by atomic mass is 32.1. The molecule has 4 rings (SSSR count). The number of pyridine rings is 1. The second-order valence-corrected chi connectivity index (χ2v) is 6.01. The normalized spacial score (nSPS) is 11.7. The highest BCUT2D eigenvalue weighted by Crippen LogP contribution is 2.36. The quantitative estimate of drug-likeness (QED) is 0.540. The van der Waals surface area contributed by atoms with Crippen molar-refractivity contribution >= 4 is 43.1 Å². The van der Waals surface area contributed by atoms with Gasteiger partial charge in [-0.15, -0.1) is 11.3 Å². The van der Waals surface area contributed by atoms with Crippen molar-refractivity contribution in [3.05, 3.63) is 51.6 Å². The first-order chi connectivity index (χ1) is 10.2. The van der Waals surface area contributed by atoms with Crippen LogP contribution in [0.15, 0.2) is 35.3 Å². The summed E-state index contributed by atoms with van der Waals surface area (Å²) in [7, 11) is 0. The molecule has 2 aromatic heterocycles. The number of H-pyrrole nitrogens is 1. The van der Waals surface area contributed by atoms with Crippen molar-refractivity contribution in [3.63, 3.8) is 0 Å². The Morgan fingerprint density at radius 2 is 2.10 bits per heavy atom. The van der Waals surface area contributed by atoms with Gasteiger partial charge in [-0.05, 0) is 30.7 Å². The standard InChI is InChI=1S/C16H11FN2OS/c1-2-12-19-14-9-4-3-8(17)7-11(9)13-10(15(14)21-12)5-6-18-16(13)20/h3-7H,2H2,1H3,(H,18,20). The monoisotopic (exact) mass is 298 g/mol. The van der Waals surface area contributed by atoms with E-state index in [1.807, 2.05) is 6.07 Å². The maximum atomic E-state index is 13.6. The van der Waals surface area contributed by atoms with Crippen LogP contribution in [0, 0.1) is 5.82 Å². The molecule has 0 saturated heterocycles. The largest absolute Gasteiger partial charge is 0.329 e. The van der Waals surface area contributed by atoms with E-state index in [2.05, 4.69) is 16.9 Å². The van der Waals surface area contributed by atoms with Gasteiger partial charge in [-0.2, -0.15) is 0 Å². The predicted molar refractivity (Wildman–Crippen MR) is 84.6 cm³/mol. The van der Waals surface area contributed by atoms with E-state index in [4.69, 9.17) is 0 Å². The van der Waals surface area contributed by atoms with Crippen LogP contribution in [0.5, 0.6) is 0 Å². The first-order valence-corrected chi connectivity index (χ1v) is 7.52. The average molecular weight is 298 g/mol. The van der Waals surface area contributed by atoms with Crippen molar-refractivity contribution in [3.8, 4) is 0 Å². The Hall–Kier alpha value is -2.27. The van der Waals surface area contributed by atoms with E-state index in [1.165, 1.54) is 12.1 Å². The third-order valence-corrected chi connectivity index (χ3v) is 4.92. The molecular formula is C16H11FN2OS. The van der Waals surface area contributed by atoms with Crippen LogP contribution >= 0.6 is 11.3 Å². The lowest BCUT2D eigenvalue weighted by molar-refractivity contribution is 0.630. The lowest BCUT2D eigenvalue weighted by atomic mass is 10.0. The van der Waals surface area contributed by atoms with Crippen molar-refractivity contribution in [1.29, 1.82) is 0 Å². The van der Waals surface area contributed by atoms with E-state index in [0.717, 1.165) is 32.4 Å². The number of aryl methyl sites for hydroxylation is 1. The fourth-order valence-corrected chi connectivity index (χ4v) is 3.79. The van der Waals surface area contributed by atoms with Gasteiger partial charge in [0.05, 0.1) is 20.6 Å². The molecule has 21 heavy (non-hydrogen) atoms. The Morgan fingerprint density at radius 3 is 2.90 bits per heavy atom. The number of rotatable bonds is 1. The average Bonchev–Trinajstić information content (AvgIpc) is 2.91. The molecule has 0 aliphatic rings. The summed E-state index contributed by atoms with van der Waals surface area (Å²) in [6.45, 7) is 2.05. The number of nitrogens with one attached hydrogen (secondary N) is 1. The van der Waals surface area contributed by atoms with Crippen LogP contribution in [0.3, 0.4) is 0 Å². The van der Waals surface area contributed by atoms with Gasteiger partial charge in [0.1, 0.15) is 5.82 Å². The summed E-state index contributed by atoms with van der Waals surface area (Å²) in [6.07, 6.45) is 2.47. The van der Waals surface area contributed by atoms with Crippen molar-refractivity contribution < 1.29 is 4.39 Å². The molecule has 5 heteroatoms. The topological polar surface area (TPSA) is 45.8 Å². The summed E-state index contributed by atoms with van der Waals surface area (Å²) in [5.41, 5.74) is 0.654. The first-order valence-electron chi connectivity index (χ1n) is 6.71. The molecule has 0 spiro atoms. The smallest absolute Gasteiger partial charge is 0.256 e. The van der Waals surface area contributed by atoms with Crippen molar-refractivity contribution in [1.82, 2.24) is 9.97 Å². The number of thiazole rings is 1. The number of hydrogen-bond donors (Lipinski definition) is 1. The van der Waals surface area contributed by atoms with Gasteiger partial charge >= 0.3 is 0 Å². The van der Waals surface area contributed by atoms with E-state index in [1.54, 1.807) is 23.6 Å². The minimum absolute atomic E-state index is 0.198. The molecule has 0 radical (unpaired) electrons. The molecule has 0 unspecified atom stereocenters. The molecule has 104 valence electrons. The van der Waals surface area contributed by atoms with Crippen LogP contribution in [0.4, 0.5) is 4.39 Å². The molecule has 0 atom stereocenters. The Morgan fingerprint density at radius 1 is 1.24 bits per heavy atom. The molecule has 4 aromatic rings. The number of hydrogen-bond acceptors (Lipinski definition) is 3. The Kier molecular flexibility index (Phi) is 2.59. The molecule has 1 N–H and O–H groups in total. The highest BCUT2D eigenvalue weighted by molar-refractivity contribution is 7.19. The second kappa shape index (κ2) is 4.36. The first kappa shape index (κ1) is 12.5. The molecule has 0 amide bonds. The van der Waals surface area contributed by atoms with Gasteiger partial charge in [0.25, 0.3) is 5.56 Å². The summed E-state index contributed by atoms with van der Waals surface area (Å²) in [5, 5.41) is 3.83. The van der Waals surface area contributed by atoms with E-state index in [9.17, 15) is 9.18 Å². The van der Waals surface area contributed by atoms with Crippen molar-refractivity contribution in [2.45, 2.75) is 13.3 Å². The SMILES string of the molecule is CCc1nc2c3ccc(F)cc3c3c(=O)[nH]ccc3c2s1. The zero-order valence-electron chi connectivity index (χ0n) is 11.2. The van der Waals surface area contributed by atoms with Gasteiger partial charge < -0.3 is 4.98 Å². The molecule has 0 fully saturated rings. The third-order valence-electron chi connectivity index (χ3n) is 3.69. The van der Waals surface area contributed by atoms with Crippen LogP contribution in [-0.4, -0.2) is 9.97 Å². The number of benzene rings is 2. The summed E-state index contributed by atoms with van der Waals surface area (Å²) in [6, 6.07) is 6.39. The van der Waals surface area contributed by atoms with Crippen molar-refractivity contribution in [2.75, 3.05) is 0 Å². The van der Waals surface area contributed by atoms with E-state index in [-0.39, 0.29) is 11.4 Å². The number of aromatic nitrogens is 2. The van der Waals surface area contributed by atoms with Gasteiger partial charge in [0, 0.05) is 22.4 Å². The van der Waals surface area contributed by atoms with E-state index >= 15 is 0 Å². The van der Waals surface area contributed by atoms with Gasteiger partial charge in [0.15, 0.2) is 0 Å². The van der Waals surface area contributed by atoms with Crippen LogP contribution in [0.25, 0.3) is 31.8 Å². The molecule has 0 aliphatic heterocycles. The molecule has 0 bridgehead atoms. The second-order valence-electron chi connectivity index (χ2n) is 4.92. The van der Waals surface area contributed by atoms with Gasteiger partial charge in [-0.1, -0.05) is 6.92 Å². The Balaban J connectivity index is 2.41. The van der Waals surface area contributed by atoms with E-state index < -0.39 is 0 Å². The van der Waals surface area contributed by atoms with Crippen LogP contribution < -0.4 is 5.56 Å². The number of halogens is 1. The summed E-state index contributed by atoms with van der Waals surface area (Å²) >= 11 is 1.60. The maximum Gasteiger partial charge on any atom is 0.256 e. The van der Waals surface area contributed by atoms with E-state index in [0.29, 0.717) is 10.8 Å². The highest BCUT2D eigenvalue weighted by Gasteiger charge is 2.15.